The highest BCUT2D eigenvalue weighted by Gasteiger charge is 2.35. The van der Waals surface area contributed by atoms with E-state index in [1.807, 2.05) is 0 Å². The summed E-state index contributed by atoms with van der Waals surface area (Å²) >= 11 is 12.7. The number of alkyl halides is 3. The highest BCUT2D eigenvalue weighted by Crippen LogP contribution is 2.33. The Morgan fingerprint density at radius 2 is 1.55 bits per heavy atom. The highest BCUT2D eigenvalue weighted by atomic mass is 35.5. The summed E-state index contributed by atoms with van der Waals surface area (Å²) < 4.78 is 66.1. The van der Waals surface area contributed by atoms with Crippen LogP contribution in [-0.2, 0) is 38.8 Å². The Bertz CT molecular complexity index is 1450. The van der Waals surface area contributed by atoms with Crippen molar-refractivity contribution in [2.75, 3.05) is 24.2 Å². The first kappa shape index (κ1) is 31.3. The molecule has 0 unspecified atom stereocenters. The molecule has 1 N–H and O–H groups in total. The first-order valence-corrected chi connectivity index (χ1v) is 14.5. The van der Waals surface area contributed by atoms with Crippen molar-refractivity contribution in [3.8, 4) is 0 Å². The Morgan fingerprint density at radius 1 is 0.950 bits per heavy atom. The van der Waals surface area contributed by atoms with Crippen molar-refractivity contribution >= 4 is 50.7 Å². The van der Waals surface area contributed by atoms with E-state index < -0.39 is 46.2 Å². The lowest BCUT2D eigenvalue weighted by Crippen LogP contribution is -2.53. The fourth-order valence-corrected chi connectivity index (χ4v) is 5.38. The van der Waals surface area contributed by atoms with Gasteiger partial charge in [0.1, 0.15) is 12.6 Å². The minimum absolute atomic E-state index is 0.0523. The fraction of sp³-hybridized carbons (Fsp3) is 0.259. The molecule has 40 heavy (non-hydrogen) atoms. The van der Waals surface area contributed by atoms with Crippen LogP contribution in [0.15, 0.2) is 72.8 Å². The summed E-state index contributed by atoms with van der Waals surface area (Å²) in [5, 5.41) is 2.93. The molecule has 2 amide bonds. The van der Waals surface area contributed by atoms with Gasteiger partial charge in [-0.05, 0) is 35.9 Å². The average molecular weight is 616 g/mol. The smallest absolute Gasteiger partial charge is 0.357 e. The van der Waals surface area contributed by atoms with Crippen LogP contribution in [0.2, 0.25) is 10.0 Å². The van der Waals surface area contributed by atoms with Gasteiger partial charge in [0, 0.05) is 35.6 Å². The topological polar surface area (TPSA) is 86.8 Å². The van der Waals surface area contributed by atoms with Crippen LogP contribution >= 0.6 is 23.2 Å². The molecule has 0 saturated carbocycles. The van der Waals surface area contributed by atoms with Crippen molar-refractivity contribution in [2.45, 2.75) is 25.2 Å². The van der Waals surface area contributed by atoms with Crippen LogP contribution in [0, 0.1) is 0 Å². The number of amides is 2. The number of hydrogen-bond acceptors (Lipinski definition) is 4. The van der Waals surface area contributed by atoms with Gasteiger partial charge in [0.05, 0.1) is 17.5 Å². The third kappa shape index (κ3) is 7.89. The zero-order valence-corrected chi connectivity index (χ0v) is 23.8. The second-order valence-electron chi connectivity index (χ2n) is 8.86. The molecular formula is C27H26Cl2F3N3O4S. The molecule has 0 aliphatic carbocycles. The number of halogens is 5. The SMILES string of the molecule is CNC(=O)[C@@H](Cc1ccccc1)N(Cc1c(Cl)cccc1Cl)C(=O)CN(c1cccc(C(F)(F)F)c1)S(C)(=O)=O. The van der Waals surface area contributed by atoms with E-state index in [0.717, 1.165) is 29.4 Å². The molecule has 0 radical (unpaired) electrons. The number of hydrogen-bond donors (Lipinski definition) is 1. The van der Waals surface area contributed by atoms with Gasteiger partial charge in [-0.3, -0.25) is 13.9 Å². The molecule has 0 heterocycles. The first-order valence-electron chi connectivity index (χ1n) is 11.8. The van der Waals surface area contributed by atoms with Gasteiger partial charge in [-0.25, -0.2) is 8.42 Å². The quantitative estimate of drug-likeness (QED) is 0.341. The van der Waals surface area contributed by atoms with Crippen molar-refractivity contribution < 1.29 is 31.2 Å². The van der Waals surface area contributed by atoms with E-state index in [0.29, 0.717) is 21.5 Å². The van der Waals surface area contributed by atoms with Gasteiger partial charge < -0.3 is 10.2 Å². The summed E-state index contributed by atoms with van der Waals surface area (Å²) in [7, 11) is -2.86. The van der Waals surface area contributed by atoms with Crippen LogP contribution in [0.1, 0.15) is 16.7 Å². The number of carbonyl (C=O) groups excluding carboxylic acids is 2. The van der Waals surface area contributed by atoms with Crippen LogP contribution in [0.5, 0.6) is 0 Å². The first-order chi connectivity index (χ1) is 18.7. The molecule has 0 aliphatic heterocycles. The Balaban J connectivity index is 2.09. The summed E-state index contributed by atoms with van der Waals surface area (Å²) in [4.78, 5) is 28.1. The van der Waals surface area contributed by atoms with E-state index in [-0.39, 0.29) is 28.7 Å². The maximum Gasteiger partial charge on any atom is 0.416 e. The molecule has 0 spiro atoms. The number of sulfonamides is 1. The molecule has 0 saturated heterocycles. The minimum atomic E-state index is -4.74. The maximum absolute atomic E-state index is 13.9. The van der Waals surface area contributed by atoms with Crippen molar-refractivity contribution in [1.29, 1.82) is 0 Å². The Labute approximate surface area is 240 Å². The molecule has 13 heteroatoms. The normalized spacial score (nSPS) is 12.5. The van der Waals surface area contributed by atoms with Crippen molar-refractivity contribution in [2.24, 2.45) is 0 Å². The summed E-state index contributed by atoms with van der Waals surface area (Å²) in [5.41, 5.74) is -0.429. The van der Waals surface area contributed by atoms with E-state index in [2.05, 4.69) is 5.32 Å². The third-order valence-corrected chi connectivity index (χ3v) is 7.90. The van der Waals surface area contributed by atoms with Crippen LogP contribution in [0.25, 0.3) is 0 Å². The molecule has 3 aromatic carbocycles. The van der Waals surface area contributed by atoms with Gasteiger partial charge >= 0.3 is 6.18 Å². The Hall–Kier alpha value is -3.28. The second kappa shape index (κ2) is 12.9. The number of likely N-dealkylation sites (N-methyl/N-ethyl adjacent to an activating group) is 1. The van der Waals surface area contributed by atoms with E-state index in [4.69, 9.17) is 23.2 Å². The summed E-state index contributed by atoms with van der Waals surface area (Å²) in [6.45, 7) is -1.16. The maximum atomic E-state index is 13.9. The molecule has 214 valence electrons. The minimum Gasteiger partial charge on any atom is -0.357 e. The molecular weight excluding hydrogens is 590 g/mol. The van der Waals surface area contributed by atoms with E-state index >= 15 is 0 Å². The second-order valence-corrected chi connectivity index (χ2v) is 11.6. The van der Waals surface area contributed by atoms with E-state index in [9.17, 15) is 31.2 Å². The Morgan fingerprint density at radius 3 is 2.10 bits per heavy atom. The molecule has 3 aromatic rings. The highest BCUT2D eigenvalue weighted by molar-refractivity contribution is 7.92. The van der Waals surface area contributed by atoms with E-state index in [1.165, 1.54) is 7.05 Å². The molecule has 7 nitrogen and oxygen atoms in total. The molecule has 0 aromatic heterocycles. The van der Waals surface area contributed by atoms with Gasteiger partial charge in [-0.1, -0.05) is 65.7 Å². The zero-order chi connectivity index (χ0) is 29.7. The Kier molecular flexibility index (Phi) is 10.1. The number of benzene rings is 3. The van der Waals surface area contributed by atoms with Gasteiger partial charge in [0.2, 0.25) is 21.8 Å². The summed E-state index contributed by atoms with van der Waals surface area (Å²) in [6.07, 6.45) is -3.91. The molecule has 0 fully saturated rings. The van der Waals surface area contributed by atoms with Crippen LogP contribution in [-0.4, -0.2) is 51.0 Å². The lowest BCUT2D eigenvalue weighted by molar-refractivity contribution is -0.139. The monoisotopic (exact) mass is 615 g/mol. The van der Waals surface area contributed by atoms with Gasteiger partial charge in [0.25, 0.3) is 0 Å². The number of anilines is 1. The van der Waals surface area contributed by atoms with Crippen molar-refractivity contribution in [3.05, 3.63) is 99.5 Å². The average Bonchev–Trinajstić information content (AvgIpc) is 2.89. The van der Waals surface area contributed by atoms with Crippen molar-refractivity contribution in [1.82, 2.24) is 10.2 Å². The van der Waals surface area contributed by atoms with Crippen LogP contribution in [0.3, 0.4) is 0 Å². The van der Waals surface area contributed by atoms with Gasteiger partial charge in [-0.2, -0.15) is 13.2 Å². The van der Waals surface area contributed by atoms with Crippen LogP contribution in [0.4, 0.5) is 18.9 Å². The standard InChI is InChI=1S/C27H26Cl2F3N3O4S/c1-33-26(37)24(14-18-8-4-3-5-9-18)34(16-21-22(28)12-7-13-23(21)29)25(36)17-35(40(2,38)39)20-11-6-10-19(15-20)27(30,31)32/h3-13,15,24H,14,16-17H2,1-2H3,(H,33,37)/t24-/m1/s1. The zero-order valence-electron chi connectivity index (χ0n) is 21.5. The van der Waals surface area contributed by atoms with Gasteiger partial charge in [0.15, 0.2) is 0 Å². The lowest BCUT2D eigenvalue weighted by atomic mass is 10.0. The fourth-order valence-electron chi connectivity index (χ4n) is 4.03. The number of nitrogens with one attached hydrogen (secondary N) is 1. The van der Waals surface area contributed by atoms with Gasteiger partial charge in [-0.15, -0.1) is 0 Å². The third-order valence-electron chi connectivity index (χ3n) is 6.05. The molecule has 0 aliphatic rings. The summed E-state index contributed by atoms with van der Waals surface area (Å²) in [5.74, 6) is -1.41. The van der Waals surface area contributed by atoms with Crippen molar-refractivity contribution in [3.63, 3.8) is 0 Å². The van der Waals surface area contributed by atoms with E-state index in [1.54, 1.807) is 48.5 Å². The number of rotatable bonds is 10. The number of nitrogens with zero attached hydrogens (tertiary/aromatic N) is 2. The molecule has 1 atom stereocenters. The van der Waals surface area contributed by atoms with Crippen LogP contribution < -0.4 is 9.62 Å². The lowest BCUT2D eigenvalue weighted by Gasteiger charge is -2.33. The molecule has 3 rings (SSSR count). The predicted molar refractivity (Wildman–Crippen MR) is 149 cm³/mol. The summed E-state index contributed by atoms with van der Waals surface area (Å²) in [6, 6.07) is 16.0. The number of carbonyl (C=O) groups is 2. The predicted octanol–water partition coefficient (Wildman–Crippen LogP) is 5.16. The largest absolute Gasteiger partial charge is 0.416 e. The molecule has 0 bridgehead atoms.